The Morgan fingerprint density at radius 2 is 1.80 bits per heavy atom. The molecule has 5 rings (SSSR count). The Morgan fingerprint density at radius 3 is 2.49 bits per heavy atom. The van der Waals surface area contributed by atoms with Gasteiger partial charge in [0.2, 0.25) is 0 Å². The molecular formula is C29H28ClN3O2. The Labute approximate surface area is 210 Å². The highest BCUT2D eigenvalue weighted by Crippen LogP contribution is 2.46. The van der Waals surface area contributed by atoms with Crippen molar-refractivity contribution in [3.63, 3.8) is 0 Å². The SMILES string of the molecule is Cc1cc(C)c(O)c(-c2n[nH]c3c2C(c2ccc(C(C)C)cc2)N(Cc2ccccc2Cl)C3=O)c1. The third-order valence-corrected chi connectivity index (χ3v) is 7.15. The van der Waals surface area contributed by atoms with Crippen LogP contribution in [0.1, 0.15) is 69.7 Å². The van der Waals surface area contributed by atoms with Gasteiger partial charge >= 0.3 is 0 Å². The van der Waals surface area contributed by atoms with Gasteiger partial charge in [0, 0.05) is 22.7 Å². The minimum atomic E-state index is -0.371. The highest BCUT2D eigenvalue weighted by molar-refractivity contribution is 6.31. The summed E-state index contributed by atoms with van der Waals surface area (Å²) in [5, 5.41) is 19.0. The van der Waals surface area contributed by atoms with Crippen LogP contribution in [0.15, 0.2) is 60.7 Å². The molecule has 1 unspecified atom stereocenters. The molecule has 1 aromatic heterocycles. The molecule has 0 bridgehead atoms. The molecule has 1 atom stereocenters. The van der Waals surface area contributed by atoms with E-state index >= 15 is 0 Å². The number of benzene rings is 3. The molecule has 0 saturated carbocycles. The fourth-order valence-corrected chi connectivity index (χ4v) is 5.12. The number of aryl methyl sites for hydroxylation is 2. The molecule has 35 heavy (non-hydrogen) atoms. The lowest BCUT2D eigenvalue weighted by atomic mass is 9.92. The van der Waals surface area contributed by atoms with Crippen molar-refractivity contribution in [1.29, 1.82) is 0 Å². The third kappa shape index (κ3) is 4.00. The predicted molar refractivity (Wildman–Crippen MR) is 139 cm³/mol. The molecule has 1 aliphatic rings. The van der Waals surface area contributed by atoms with Gasteiger partial charge in [0.05, 0.1) is 6.04 Å². The Morgan fingerprint density at radius 1 is 1.09 bits per heavy atom. The van der Waals surface area contributed by atoms with Crippen LogP contribution in [-0.2, 0) is 6.54 Å². The largest absolute Gasteiger partial charge is 0.507 e. The van der Waals surface area contributed by atoms with Crippen LogP contribution in [0.3, 0.4) is 0 Å². The number of H-pyrrole nitrogens is 1. The zero-order valence-electron chi connectivity index (χ0n) is 20.3. The molecule has 178 valence electrons. The van der Waals surface area contributed by atoms with E-state index in [4.69, 9.17) is 11.6 Å². The second-order valence-corrected chi connectivity index (χ2v) is 9.99. The van der Waals surface area contributed by atoms with Crippen LogP contribution in [0.25, 0.3) is 11.3 Å². The number of aromatic hydroxyl groups is 1. The van der Waals surface area contributed by atoms with E-state index in [1.807, 2.05) is 55.1 Å². The summed E-state index contributed by atoms with van der Waals surface area (Å²) >= 11 is 6.48. The number of nitrogens with one attached hydrogen (secondary N) is 1. The number of aromatic amines is 1. The van der Waals surface area contributed by atoms with Crippen LogP contribution < -0.4 is 0 Å². The molecule has 3 aromatic carbocycles. The minimum absolute atomic E-state index is 0.138. The summed E-state index contributed by atoms with van der Waals surface area (Å²) in [6.07, 6.45) is 0. The number of amides is 1. The Kier molecular flexibility index (Phi) is 5.89. The molecule has 0 fully saturated rings. The van der Waals surface area contributed by atoms with E-state index in [-0.39, 0.29) is 17.7 Å². The second kappa shape index (κ2) is 8.90. The fraction of sp³-hybridized carbons (Fsp3) is 0.241. The number of phenolic OH excluding ortho intramolecular Hbond substituents is 1. The van der Waals surface area contributed by atoms with Crippen molar-refractivity contribution < 1.29 is 9.90 Å². The summed E-state index contributed by atoms with van der Waals surface area (Å²) in [5.41, 5.74) is 7.32. The predicted octanol–water partition coefficient (Wildman–Crippen LogP) is 6.92. The topological polar surface area (TPSA) is 69.2 Å². The molecule has 2 N–H and O–H groups in total. The van der Waals surface area contributed by atoms with Crippen LogP contribution in [0, 0.1) is 13.8 Å². The van der Waals surface area contributed by atoms with Gasteiger partial charge in [-0.1, -0.05) is 74.0 Å². The van der Waals surface area contributed by atoms with Crippen LogP contribution in [0.5, 0.6) is 5.75 Å². The molecule has 5 nitrogen and oxygen atoms in total. The molecule has 1 aliphatic heterocycles. The van der Waals surface area contributed by atoms with Gasteiger partial charge in [0.25, 0.3) is 5.91 Å². The van der Waals surface area contributed by atoms with E-state index in [9.17, 15) is 9.90 Å². The lowest BCUT2D eigenvalue weighted by molar-refractivity contribution is 0.0730. The summed E-state index contributed by atoms with van der Waals surface area (Å²) in [7, 11) is 0. The van der Waals surface area contributed by atoms with Gasteiger partial charge in [-0.25, -0.2) is 0 Å². The van der Waals surface area contributed by atoms with Crippen molar-refractivity contribution >= 4 is 17.5 Å². The Balaban J connectivity index is 1.68. The van der Waals surface area contributed by atoms with Gasteiger partial charge in [-0.3, -0.25) is 9.89 Å². The van der Waals surface area contributed by atoms with E-state index < -0.39 is 0 Å². The summed E-state index contributed by atoms with van der Waals surface area (Å²) in [6, 6.07) is 19.5. The quantitative estimate of drug-likeness (QED) is 0.322. The maximum Gasteiger partial charge on any atom is 0.273 e. The molecule has 1 amide bonds. The molecule has 4 aromatic rings. The highest BCUT2D eigenvalue weighted by Gasteiger charge is 2.42. The Bertz CT molecular complexity index is 1420. The number of carbonyl (C=O) groups excluding carboxylic acids is 1. The first-order valence-electron chi connectivity index (χ1n) is 11.8. The maximum absolute atomic E-state index is 13.7. The van der Waals surface area contributed by atoms with Gasteiger partial charge in [0.15, 0.2) is 0 Å². The second-order valence-electron chi connectivity index (χ2n) is 9.59. The van der Waals surface area contributed by atoms with Crippen LogP contribution in [-0.4, -0.2) is 26.1 Å². The summed E-state index contributed by atoms with van der Waals surface area (Å²) < 4.78 is 0. The van der Waals surface area contributed by atoms with Gasteiger partial charge in [-0.15, -0.1) is 0 Å². The lowest BCUT2D eigenvalue weighted by Gasteiger charge is -2.27. The van der Waals surface area contributed by atoms with Crippen molar-refractivity contribution in [2.75, 3.05) is 0 Å². The molecule has 0 spiro atoms. The van der Waals surface area contributed by atoms with E-state index in [0.717, 1.165) is 27.8 Å². The van der Waals surface area contributed by atoms with Gasteiger partial charge in [-0.05, 0) is 59.7 Å². The molecule has 0 saturated heterocycles. The number of hydrogen-bond acceptors (Lipinski definition) is 3. The third-order valence-electron chi connectivity index (χ3n) is 6.78. The van der Waals surface area contributed by atoms with E-state index in [1.165, 1.54) is 5.56 Å². The highest BCUT2D eigenvalue weighted by atomic mass is 35.5. The molecule has 0 radical (unpaired) electrons. The number of hydrogen-bond donors (Lipinski definition) is 2. The van der Waals surface area contributed by atoms with Crippen molar-refractivity contribution in [2.45, 2.75) is 46.2 Å². The van der Waals surface area contributed by atoms with Crippen LogP contribution in [0.2, 0.25) is 5.02 Å². The molecular weight excluding hydrogens is 458 g/mol. The van der Waals surface area contributed by atoms with Gasteiger partial charge < -0.3 is 10.0 Å². The molecule has 6 heteroatoms. The summed E-state index contributed by atoms with van der Waals surface area (Å²) in [4.78, 5) is 15.5. The molecule has 0 aliphatic carbocycles. The van der Waals surface area contributed by atoms with Crippen LogP contribution in [0.4, 0.5) is 0 Å². The number of nitrogens with zero attached hydrogens (tertiary/aromatic N) is 2. The zero-order valence-corrected chi connectivity index (χ0v) is 21.0. The first kappa shape index (κ1) is 23.2. The Hall–Kier alpha value is -3.57. The van der Waals surface area contributed by atoms with Crippen molar-refractivity contribution in [3.8, 4) is 17.0 Å². The van der Waals surface area contributed by atoms with Gasteiger partial charge in [-0.2, -0.15) is 5.10 Å². The van der Waals surface area contributed by atoms with Gasteiger partial charge in [0.1, 0.15) is 17.1 Å². The molecule has 2 heterocycles. The van der Waals surface area contributed by atoms with Crippen molar-refractivity contribution in [1.82, 2.24) is 15.1 Å². The number of carbonyl (C=O) groups is 1. The number of phenols is 1. The number of rotatable bonds is 5. The van der Waals surface area contributed by atoms with E-state index in [0.29, 0.717) is 34.4 Å². The summed E-state index contributed by atoms with van der Waals surface area (Å²) in [5.74, 6) is 0.442. The van der Waals surface area contributed by atoms with E-state index in [2.05, 4.69) is 48.3 Å². The van der Waals surface area contributed by atoms with Crippen molar-refractivity contribution in [3.05, 3.63) is 105 Å². The average Bonchev–Trinajstić information content (AvgIpc) is 3.37. The number of aromatic nitrogens is 2. The minimum Gasteiger partial charge on any atom is -0.507 e. The monoisotopic (exact) mass is 485 g/mol. The number of halogens is 1. The normalized spacial score (nSPS) is 15.2. The maximum atomic E-state index is 13.7. The van der Waals surface area contributed by atoms with E-state index in [1.54, 1.807) is 0 Å². The lowest BCUT2D eigenvalue weighted by Crippen LogP contribution is -2.29. The van der Waals surface area contributed by atoms with Crippen molar-refractivity contribution in [2.24, 2.45) is 0 Å². The average molecular weight is 486 g/mol. The number of fused-ring (bicyclic) bond motifs is 1. The standard InChI is InChI=1S/C29H28ClN3O2/c1-16(2)19-9-11-20(12-10-19)27-24-25(22-14-17(3)13-18(4)28(22)34)31-32-26(24)29(35)33(27)15-21-7-5-6-8-23(21)30/h5-14,16,27,34H,15H2,1-4H3,(H,31,32). The fourth-order valence-electron chi connectivity index (χ4n) is 4.93. The van der Waals surface area contributed by atoms with Crippen LogP contribution >= 0.6 is 11.6 Å². The first-order chi connectivity index (χ1) is 16.8. The zero-order chi connectivity index (χ0) is 24.9. The summed E-state index contributed by atoms with van der Waals surface area (Å²) in [6.45, 7) is 8.53. The first-order valence-corrected chi connectivity index (χ1v) is 12.2. The smallest absolute Gasteiger partial charge is 0.273 e.